The molecule has 4 rings (SSSR count). The topological polar surface area (TPSA) is 81.9 Å². The minimum atomic E-state index is -3.82. The molecule has 2 aromatic heterocycles. The Kier molecular flexibility index (Phi) is 5.14. The van der Waals surface area contributed by atoms with E-state index in [1.165, 1.54) is 11.3 Å². The Morgan fingerprint density at radius 3 is 2.52 bits per heavy atom. The Morgan fingerprint density at radius 1 is 1.21 bits per heavy atom. The molecule has 1 aromatic carbocycles. The van der Waals surface area contributed by atoms with E-state index in [4.69, 9.17) is 14.0 Å². The number of hydrogen-bond acceptors (Lipinski definition) is 7. The summed E-state index contributed by atoms with van der Waals surface area (Å²) in [4.78, 5) is 1.08. The van der Waals surface area contributed by atoms with E-state index in [0.29, 0.717) is 35.9 Å². The number of ether oxygens (including phenoxy) is 2. The molecule has 29 heavy (non-hydrogen) atoms. The largest absolute Gasteiger partial charge is 0.493 e. The van der Waals surface area contributed by atoms with Crippen LogP contribution in [0.25, 0.3) is 0 Å². The average molecular weight is 435 g/mol. The number of fused-ring (bicyclic) bond motifs is 1. The van der Waals surface area contributed by atoms with Gasteiger partial charge in [0.15, 0.2) is 17.3 Å². The van der Waals surface area contributed by atoms with Crippen molar-refractivity contribution in [3.63, 3.8) is 0 Å². The van der Waals surface area contributed by atoms with Gasteiger partial charge in [-0.3, -0.25) is 0 Å². The van der Waals surface area contributed by atoms with Crippen LogP contribution in [0.1, 0.15) is 33.5 Å². The fourth-order valence-electron chi connectivity index (χ4n) is 3.88. The third-order valence-corrected chi connectivity index (χ3v) is 8.21. The van der Waals surface area contributed by atoms with Gasteiger partial charge in [-0.25, -0.2) is 8.42 Å². The van der Waals surface area contributed by atoms with E-state index in [1.807, 2.05) is 29.6 Å². The highest BCUT2D eigenvalue weighted by Crippen LogP contribution is 2.44. The highest BCUT2D eigenvalue weighted by Gasteiger charge is 2.41. The Labute approximate surface area is 173 Å². The van der Waals surface area contributed by atoms with Crippen LogP contribution in [0.3, 0.4) is 0 Å². The maximum absolute atomic E-state index is 13.7. The number of sulfonamides is 1. The fourth-order valence-corrected chi connectivity index (χ4v) is 6.69. The molecular weight excluding hydrogens is 412 g/mol. The number of nitrogens with zero attached hydrogens (tertiary/aromatic N) is 2. The average Bonchev–Trinajstić information content (AvgIpc) is 3.35. The molecule has 3 heterocycles. The summed E-state index contributed by atoms with van der Waals surface area (Å²) in [6.45, 7) is 3.62. The first kappa shape index (κ1) is 19.9. The lowest BCUT2D eigenvalue weighted by atomic mass is 9.92. The summed E-state index contributed by atoms with van der Waals surface area (Å²) in [5.74, 6) is 1.51. The van der Waals surface area contributed by atoms with Crippen LogP contribution in [-0.4, -0.2) is 38.6 Å². The number of rotatable bonds is 5. The lowest BCUT2D eigenvalue weighted by Gasteiger charge is -2.36. The van der Waals surface area contributed by atoms with Gasteiger partial charge in [0.1, 0.15) is 10.6 Å². The van der Waals surface area contributed by atoms with Crippen LogP contribution in [0.2, 0.25) is 0 Å². The van der Waals surface area contributed by atoms with Crippen molar-refractivity contribution in [1.82, 2.24) is 9.46 Å². The number of benzene rings is 1. The quantitative estimate of drug-likeness (QED) is 0.609. The second kappa shape index (κ2) is 7.47. The highest BCUT2D eigenvalue weighted by molar-refractivity contribution is 7.89. The Morgan fingerprint density at radius 2 is 1.93 bits per heavy atom. The molecule has 0 saturated carbocycles. The maximum Gasteiger partial charge on any atom is 0.249 e. The van der Waals surface area contributed by atoms with Gasteiger partial charge in [0, 0.05) is 11.4 Å². The van der Waals surface area contributed by atoms with Gasteiger partial charge in [0.2, 0.25) is 10.0 Å². The van der Waals surface area contributed by atoms with E-state index in [1.54, 1.807) is 32.4 Å². The molecule has 0 unspecified atom stereocenters. The molecule has 0 N–H and O–H groups in total. The predicted octanol–water partition coefficient (Wildman–Crippen LogP) is 3.71. The van der Waals surface area contributed by atoms with E-state index in [0.717, 1.165) is 16.0 Å². The van der Waals surface area contributed by atoms with Crippen LogP contribution in [0.15, 0.2) is 39.1 Å². The number of aromatic nitrogens is 1. The SMILES string of the molecule is COc1cc2c(cc1OC)[C@@H](c1cccs1)N(S(=O)(=O)c1c(C)noc1C)CC2. The summed E-state index contributed by atoms with van der Waals surface area (Å²) in [6.07, 6.45) is 0.570. The zero-order valence-corrected chi connectivity index (χ0v) is 18.3. The summed E-state index contributed by atoms with van der Waals surface area (Å²) < 4.78 is 44.9. The smallest absolute Gasteiger partial charge is 0.249 e. The van der Waals surface area contributed by atoms with E-state index >= 15 is 0 Å². The van der Waals surface area contributed by atoms with Crippen molar-refractivity contribution in [2.24, 2.45) is 0 Å². The van der Waals surface area contributed by atoms with E-state index in [2.05, 4.69) is 5.16 Å². The van der Waals surface area contributed by atoms with E-state index in [-0.39, 0.29) is 4.90 Å². The molecule has 0 bridgehead atoms. The van der Waals surface area contributed by atoms with Crippen LogP contribution in [-0.2, 0) is 16.4 Å². The van der Waals surface area contributed by atoms with Gasteiger partial charge >= 0.3 is 0 Å². The molecule has 0 aliphatic carbocycles. The Bertz CT molecular complexity index is 1120. The monoisotopic (exact) mass is 434 g/mol. The number of thiophene rings is 1. The van der Waals surface area contributed by atoms with Gasteiger partial charge in [-0.05, 0) is 55.0 Å². The predicted molar refractivity (Wildman–Crippen MR) is 109 cm³/mol. The van der Waals surface area contributed by atoms with E-state index < -0.39 is 16.1 Å². The number of methoxy groups -OCH3 is 2. The highest BCUT2D eigenvalue weighted by atomic mass is 32.2. The van der Waals surface area contributed by atoms with Crippen molar-refractivity contribution < 1.29 is 22.4 Å². The first-order valence-electron chi connectivity index (χ1n) is 9.11. The zero-order valence-electron chi connectivity index (χ0n) is 16.6. The van der Waals surface area contributed by atoms with Crippen LogP contribution in [0, 0.1) is 13.8 Å². The second-order valence-electron chi connectivity index (χ2n) is 6.84. The third kappa shape index (κ3) is 3.23. The lowest BCUT2D eigenvalue weighted by Crippen LogP contribution is -2.40. The molecular formula is C20H22N2O5S2. The molecule has 1 atom stereocenters. The molecule has 3 aromatic rings. The minimum absolute atomic E-state index is 0.142. The standard InChI is InChI=1S/C20H22N2O5S2/c1-12-20(13(2)27-21-12)29(23,24)22-8-7-14-10-16(25-3)17(26-4)11-15(14)19(22)18-6-5-9-28-18/h5-6,9-11,19H,7-8H2,1-4H3/t19-/m0/s1. The molecule has 1 aliphatic heterocycles. The van der Waals surface area contributed by atoms with Crippen LogP contribution < -0.4 is 9.47 Å². The van der Waals surface area contributed by atoms with Gasteiger partial charge in [0.05, 0.1) is 20.3 Å². The number of aryl methyl sites for hydroxylation is 2. The van der Waals surface area contributed by atoms with Crippen molar-refractivity contribution in [1.29, 1.82) is 0 Å². The normalized spacial score (nSPS) is 17.2. The summed E-state index contributed by atoms with van der Waals surface area (Å²) >= 11 is 1.52. The molecule has 0 amide bonds. The van der Waals surface area contributed by atoms with Crippen molar-refractivity contribution in [2.75, 3.05) is 20.8 Å². The molecule has 9 heteroatoms. The summed E-state index contributed by atoms with van der Waals surface area (Å²) in [7, 11) is -0.651. The Balaban J connectivity index is 1.91. The first-order chi connectivity index (χ1) is 13.9. The van der Waals surface area contributed by atoms with Gasteiger partial charge in [0.25, 0.3) is 0 Å². The molecule has 0 radical (unpaired) electrons. The molecule has 7 nitrogen and oxygen atoms in total. The minimum Gasteiger partial charge on any atom is -0.493 e. The summed E-state index contributed by atoms with van der Waals surface area (Å²) in [6, 6.07) is 7.24. The number of hydrogen-bond donors (Lipinski definition) is 0. The van der Waals surface area contributed by atoms with Crippen molar-refractivity contribution in [3.05, 3.63) is 57.1 Å². The van der Waals surface area contributed by atoms with Gasteiger partial charge in [-0.15, -0.1) is 11.3 Å². The van der Waals surface area contributed by atoms with E-state index in [9.17, 15) is 8.42 Å². The molecule has 1 aliphatic rings. The van der Waals surface area contributed by atoms with Crippen molar-refractivity contribution in [3.8, 4) is 11.5 Å². The van der Waals surface area contributed by atoms with Crippen molar-refractivity contribution >= 4 is 21.4 Å². The van der Waals surface area contributed by atoms with Gasteiger partial charge in [-0.2, -0.15) is 4.31 Å². The van der Waals surface area contributed by atoms with Gasteiger partial charge in [-0.1, -0.05) is 11.2 Å². The zero-order chi connectivity index (χ0) is 20.8. The molecule has 0 fully saturated rings. The molecule has 0 spiro atoms. The Hall–Kier alpha value is -2.36. The molecule has 0 saturated heterocycles. The fraction of sp³-hybridized carbons (Fsp3) is 0.350. The van der Waals surface area contributed by atoms with Crippen LogP contribution in [0.4, 0.5) is 0 Å². The first-order valence-corrected chi connectivity index (χ1v) is 11.4. The van der Waals surface area contributed by atoms with Crippen LogP contribution >= 0.6 is 11.3 Å². The molecule has 154 valence electrons. The summed E-state index contributed by atoms with van der Waals surface area (Å²) in [5.41, 5.74) is 2.31. The van der Waals surface area contributed by atoms with Crippen molar-refractivity contribution in [2.45, 2.75) is 31.2 Å². The lowest BCUT2D eigenvalue weighted by molar-refractivity contribution is 0.333. The third-order valence-electron chi connectivity index (χ3n) is 5.18. The van der Waals surface area contributed by atoms with Crippen LogP contribution in [0.5, 0.6) is 11.5 Å². The summed E-state index contributed by atoms with van der Waals surface area (Å²) in [5, 5.41) is 5.79. The maximum atomic E-state index is 13.7. The second-order valence-corrected chi connectivity index (χ2v) is 9.65. The van der Waals surface area contributed by atoms with Gasteiger partial charge < -0.3 is 14.0 Å².